The maximum Gasteiger partial charge on any atom is 0.221 e. The molecule has 74 valence electrons. The van der Waals surface area contributed by atoms with Crippen molar-refractivity contribution < 1.29 is 14.3 Å². The maximum atomic E-state index is 10.4. The Balaban J connectivity index is 0. The predicted octanol–water partition coefficient (Wildman–Crippen LogP) is -0.334. The second-order valence-electron chi connectivity index (χ2n) is 1.84. The van der Waals surface area contributed by atoms with Gasteiger partial charge in [-0.15, -0.1) is 0 Å². The highest BCUT2D eigenvalue weighted by atomic mass is 16.5. The van der Waals surface area contributed by atoms with Crippen LogP contribution in [0.25, 0.3) is 0 Å². The lowest BCUT2D eigenvalue weighted by Gasteiger charge is -1.98. The highest BCUT2D eigenvalue weighted by molar-refractivity contribution is 5.75. The van der Waals surface area contributed by atoms with Crippen LogP contribution in [0.1, 0.15) is 13.3 Å². The number of ether oxygens (including phenoxy) is 2. The summed E-state index contributed by atoms with van der Waals surface area (Å²) in [4.78, 5) is 10.4. The van der Waals surface area contributed by atoms with Crippen LogP contribution in [-0.2, 0) is 14.3 Å². The molecule has 5 nitrogen and oxygen atoms in total. The van der Waals surface area contributed by atoms with Gasteiger partial charge in [0.2, 0.25) is 5.91 Å². The number of nitrogens with two attached hydrogens (primary N) is 1. The van der Waals surface area contributed by atoms with Crippen LogP contribution in [0.4, 0.5) is 0 Å². The third kappa shape index (κ3) is 16.2. The Morgan fingerprint density at radius 1 is 1.42 bits per heavy atom. The number of rotatable bonds is 4. The Hall–Kier alpha value is -0.650. The highest BCUT2D eigenvalue weighted by Crippen LogP contribution is 1.72. The summed E-state index contributed by atoms with van der Waals surface area (Å²) in [6, 6.07) is 0. The van der Waals surface area contributed by atoms with Crippen molar-refractivity contribution in [1.29, 1.82) is 0 Å². The van der Waals surface area contributed by atoms with E-state index in [0.717, 1.165) is 0 Å². The van der Waals surface area contributed by atoms with Crippen molar-refractivity contribution >= 4 is 5.91 Å². The lowest BCUT2D eigenvalue weighted by Crippen LogP contribution is -2.23. The number of methoxy groups -OCH3 is 2. The molecule has 5 heteroatoms. The van der Waals surface area contributed by atoms with Gasteiger partial charge in [-0.2, -0.15) is 0 Å². The average Bonchev–Trinajstić information content (AvgIpc) is 2.14. The van der Waals surface area contributed by atoms with Crippen LogP contribution < -0.4 is 11.1 Å². The van der Waals surface area contributed by atoms with Crippen molar-refractivity contribution in [3.8, 4) is 0 Å². The van der Waals surface area contributed by atoms with E-state index in [1.807, 2.05) is 0 Å². The molecule has 1 amide bonds. The van der Waals surface area contributed by atoms with E-state index in [1.54, 1.807) is 14.0 Å². The first-order valence-corrected chi connectivity index (χ1v) is 3.67. The van der Waals surface area contributed by atoms with Gasteiger partial charge in [0.25, 0.3) is 0 Å². The van der Waals surface area contributed by atoms with Gasteiger partial charge >= 0.3 is 0 Å². The molecule has 0 atom stereocenters. The van der Waals surface area contributed by atoms with Gasteiger partial charge < -0.3 is 20.5 Å². The van der Waals surface area contributed by atoms with Crippen LogP contribution in [0.2, 0.25) is 0 Å². The first-order valence-electron chi connectivity index (χ1n) is 3.67. The summed E-state index contributed by atoms with van der Waals surface area (Å²) < 4.78 is 8.90. The summed E-state index contributed by atoms with van der Waals surface area (Å²) in [6.45, 7) is 2.43. The number of amides is 1. The van der Waals surface area contributed by atoms with Crippen LogP contribution in [0.3, 0.4) is 0 Å². The van der Waals surface area contributed by atoms with Gasteiger partial charge in [0.05, 0.1) is 6.73 Å². The Labute approximate surface area is 73.2 Å². The molecule has 12 heavy (non-hydrogen) atoms. The Morgan fingerprint density at radius 2 is 1.92 bits per heavy atom. The molecule has 3 N–H and O–H groups in total. The van der Waals surface area contributed by atoms with E-state index in [1.165, 1.54) is 7.11 Å². The van der Waals surface area contributed by atoms with Crippen molar-refractivity contribution in [2.24, 2.45) is 5.73 Å². The fourth-order valence-corrected chi connectivity index (χ4v) is 0.278. The minimum atomic E-state index is 0.0202. The highest BCUT2D eigenvalue weighted by Gasteiger charge is 1.90. The van der Waals surface area contributed by atoms with Crippen molar-refractivity contribution in [2.45, 2.75) is 13.3 Å². The Morgan fingerprint density at radius 3 is 2.17 bits per heavy atom. The number of carbonyl (C=O) groups excluding carboxylic acids is 1. The molecule has 0 radical (unpaired) electrons. The quantitative estimate of drug-likeness (QED) is 0.578. The minimum absolute atomic E-state index is 0.0202. The van der Waals surface area contributed by atoms with Gasteiger partial charge in [0, 0.05) is 20.6 Å². The van der Waals surface area contributed by atoms with Gasteiger partial charge in [0.15, 0.2) is 0 Å². The van der Waals surface area contributed by atoms with E-state index in [-0.39, 0.29) is 5.91 Å². The van der Waals surface area contributed by atoms with E-state index < -0.39 is 0 Å². The number of nitrogens with one attached hydrogen (secondary N) is 1. The first kappa shape index (κ1) is 13.9. The summed E-state index contributed by atoms with van der Waals surface area (Å²) in [6.07, 6.45) is 0.517. The summed E-state index contributed by atoms with van der Waals surface area (Å²) in [5.41, 5.74) is 4.81. The van der Waals surface area contributed by atoms with Crippen LogP contribution in [0.15, 0.2) is 0 Å². The molecule has 0 fully saturated rings. The van der Waals surface area contributed by atoms with Crippen LogP contribution in [-0.4, -0.2) is 33.6 Å². The molecule has 0 spiro atoms. The van der Waals surface area contributed by atoms with E-state index in [2.05, 4.69) is 14.8 Å². The summed E-state index contributed by atoms with van der Waals surface area (Å²) >= 11 is 0. The third-order valence-electron chi connectivity index (χ3n) is 0.901. The van der Waals surface area contributed by atoms with Crippen LogP contribution in [0.5, 0.6) is 0 Å². The minimum Gasteiger partial charge on any atom is -0.370 e. The van der Waals surface area contributed by atoms with Crippen molar-refractivity contribution in [3.63, 3.8) is 0 Å². The second kappa shape index (κ2) is 13.0. The molecule has 0 heterocycles. The van der Waals surface area contributed by atoms with Crippen molar-refractivity contribution in [3.05, 3.63) is 0 Å². The first-order chi connectivity index (χ1) is 5.72. The molecule has 0 aliphatic rings. The van der Waals surface area contributed by atoms with Crippen LogP contribution in [0, 0.1) is 0 Å². The number of hydrogen-bond acceptors (Lipinski definition) is 4. The zero-order chi connectivity index (χ0) is 9.82. The van der Waals surface area contributed by atoms with Gasteiger partial charge in [-0.1, -0.05) is 6.92 Å². The van der Waals surface area contributed by atoms with E-state index in [0.29, 0.717) is 19.9 Å². The molecular weight excluding hydrogens is 160 g/mol. The molecule has 0 aromatic rings. The van der Waals surface area contributed by atoms with E-state index >= 15 is 0 Å². The Bertz CT molecular complexity index is 96.7. The van der Waals surface area contributed by atoms with Crippen LogP contribution >= 0.6 is 0 Å². The molecule has 0 bridgehead atoms. The number of carbonyl (C=O) groups is 1. The Kier molecular flexibility index (Phi) is 15.0. The summed E-state index contributed by atoms with van der Waals surface area (Å²) in [5, 5.41) is 2.52. The lowest BCUT2D eigenvalue weighted by molar-refractivity contribution is -0.122. The second-order valence-corrected chi connectivity index (χ2v) is 1.84. The smallest absolute Gasteiger partial charge is 0.221 e. The van der Waals surface area contributed by atoms with Crippen molar-refractivity contribution in [2.75, 3.05) is 27.7 Å². The molecule has 0 aliphatic heterocycles. The number of hydrogen-bond donors (Lipinski definition) is 2. The molecular formula is C7H18N2O3. The van der Waals surface area contributed by atoms with Gasteiger partial charge in [-0.05, 0) is 0 Å². The average molecular weight is 178 g/mol. The van der Waals surface area contributed by atoms with E-state index in [4.69, 9.17) is 5.73 Å². The standard InChI is InChI=1S/C5H11NO2.C2H7NO/c1-3-5(7)6-4-8-2;1-4-2-3/h3-4H2,1-2H3,(H,6,7);2-3H2,1H3. The molecule has 0 saturated heterocycles. The van der Waals surface area contributed by atoms with Crippen molar-refractivity contribution in [1.82, 2.24) is 5.32 Å². The van der Waals surface area contributed by atoms with Gasteiger partial charge in [0.1, 0.15) is 6.73 Å². The summed E-state index contributed by atoms with van der Waals surface area (Å²) in [5.74, 6) is 0.0202. The molecule has 0 saturated carbocycles. The fourth-order valence-electron chi connectivity index (χ4n) is 0.278. The summed E-state index contributed by atoms with van der Waals surface area (Å²) in [7, 11) is 3.09. The molecule has 0 aliphatic carbocycles. The van der Waals surface area contributed by atoms with E-state index in [9.17, 15) is 4.79 Å². The molecule has 0 aromatic carbocycles. The fraction of sp³-hybridized carbons (Fsp3) is 0.857. The predicted molar refractivity (Wildman–Crippen MR) is 46.4 cm³/mol. The normalized spacial score (nSPS) is 8.33. The topological polar surface area (TPSA) is 73.6 Å². The monoisotopic (exact) mass is 178 g/mol. The molecule has 0 unspecified atom stereocenters. The zero-order valence-electron chi connectivity index (χ0n) is 7.92. The third-order valence-corrected chi connectivity index (χ3v) is 0.901. The van der Waals surface area contributed by atoms with Gasteiger partial charge in [-0.25, -0.2) is 0 Å². The molecule has 0 aromatic heterocycles. The maximum absolute atomic E-state index is 10.4. The SMILES string of the molecule is CCC(=O)NCOC.COCN. The zero-order valence-corrected chi connectivity index (χ0v) is 7.92. The molecule has 0 rings (SSSR count). The van der Waals surface area contributed by atoms with Gasteiger partial charge in [-0.3, -0.25) is 4.79 Å². The largest absolute Gasteiger partial charge is 0.370 e. The lowest BCUT2D eigenvalue weighted by atomic mass is 10.5.